The monoisotopic (exact) mass is 656 g/mol. The van der Waals surface area contributed by atoms with E-state index in [4.69, 9.17) is 20.5 Å². The number of likely N-dealkylation sites (tertiary alicyclic amines) is 1. The molecule has 2 aliphatic heterocycles. The van der Waals surface area contributed by atoms with E-state index >= 15 is 0 Å². The van der Waals surface area contributed by atoms with Crippen LogP contribution in [0.1, 0.15) is 43.7 Å². The summed E-state index contributed by atoms with van der Waals surface area (Å²) in [4.78, 5) is 32.5. The van der Waals surface area contributed by atoms with Gasteiger partial charge in [-0.05, 0) is 87.9 Å². The Labute approximate surface area is 288 Å². The summed E-state index contributed by atoms with van der Waals surface area (Å²) in [7, 11) is 0. The van der Waals surface area contributed by atoms with Crippen LogP contribution in [0.5, 0.6) is 5.75 Å². The van der Waals surface area contributed by atoms with Crippen LogP contribution in [0.15, 0.2) is 92.0 Å². The summed E-state index contributed by atoms with van der Waals surface area (Å²) in [5, 5.41) is 1.77. The molecule has 5 aromatic rings. The van der Waals surface area contributed by atoms with Gasteiger partial charge in [-0.3, -0.25) is 19.9 Å². The molecule has 6 heterocycles. The Morgan fingerprint density at radius 2 is 1.45 bits per heavy atom. The van der Waals surface area contributed by atoms with Crippen LogP contribution >= 0.6 is 0 Å². The van der Waals surface area contributed by atoms with Gasteiger partial charge in [0.2, 0.25) is 11.9 Å². The Balaban J connectivity index is 1.07. The Kier molecular flexibility index (Phi) is 9.99. The molecule has 0 spiro atoms. The highest BCUT2D eigenvalue weighted by molar-refractivity contribution is 5.61. The number of hydrogen-bond acceptors (Lipinski definition) is 11. The first-order chi connectivity index (χ1) is 24.1. The van der Waals surface area contributed by atoms with Gasteiger partial charge in [0.25, 0.3) is 0 Å². The van der Waals surface area contributed by atoms with Crippen LogP contribution < -0.4 is 20.5 Å². The van der Waals surface area contributed by atoms with E-state index in [1.54, 1.807) is 17.4 Å². The first kappa shape index (κ1) is 32.5. The summed E-state index contributed by atoms with van der Waals surface area (Å²) < 4.78 is 5.87. The highest BCUT2D eigenvalue weighted by atomic mass is 16.5. The maximum absolute atomic E-state index is 6.79. The van der Waals surface area contributed by atoms with Crippen LogP contribution in [0.4, 0.5) is 11.9 Å². The maximum atomic E-state index is 6.79. The van der Waals surface area contributed by atoms with Gasteiger partial charge < -0.3 is 9.64 Å². The molecule has 49 heavy (non-hydrogen) atoms. The van der Waals surface area contributed by atoms with Crippen molar-refractivity contribution >= 4 is 11.9 Å². The molecule has 2 N–H and O–H groups in total. The highest BCUT2D eigenvalue weighted by Gasteiger charge is 2.39. The maximum Gasteiger partial charge on any atom is 0.240 e. The lowest BCUT2D eigenvalue weighted by Crippen LogP contribution is -2.56. The predicted molar refractivity (Wildman–Crippen MR) is 192 cm³/mol. The largest absolute Gasteiger partial charge is 0.494 e. The molecule has 252 valence electrons. The molecule has 0 saturated carbocycles. The fourth-order valence-corrected chi connectivity index (χ4v) is 7.19. The van der Waals surface area contributed by atoms with Crippen LogP contribution in [0, 0.1) is 12.8 Å². The van der Waals surface area contributed by atoms with Gasteiger partial charge in [-0.2, -0.15) is 0 Å². The summed E-state index contributed by atoms with van der Waals surface area (Å²) in [6.07, 6.45) is 18.6. The minimum atomic E-state index is 0.0859. The number of hydrazine groups is 1. The van der Waals surface area contributed by atoms with E-state index in [9.17, 15) is 0 Å². The number of anilines is 2. The van der Waals surface area contributed by atoms with Crippen molar-refractivity contribution < 1.29 is 4.74 Å². The van der Waals surface area contributed by atoms with Crippen molar-refractivity contribution in [1.29, 1.82) is 0 Å². The van der Waals surface area contributed by atoms with Crippen molar-refractivity contribution in [1.82, 2.24) is 34.8 Å². The molecule has 0 aliphatic carbocycles. The van der Waals surface area contributed by atoms with Gasteiger partial charge in [-0.25, -0.2) is 25.8 Å². The van der Waals surface area contributed by atoms with E-state index in [1.165, 1.54) is 11.1 Å². The summed E-state index contributed by atoms with van der Waals surface area (Å²) >= 11 is 0. The molecular formula is C38H44N10O. The van der Waals surface area contributed by atoms with Crippen LogP contribution in [-0.2, 0) is 6.54 Å². The highest BCUT2D eigenvalue weighted by Crippen LogP contribution is 2.35. The second-order valence-electron chi connectivity index (χ2n) is 13.0. The van der Waals surface area contributed by atoms with E-state index in [2.05, 4.69) is 54.9 Å². The average molecular weight is 657 g/mol. The molecule has 0 amide bonds. The number of ether oxygens (including phenoxy) is 1. The molecule has 0 bridgehead atoms. The Morgan fingerprint density at radius 3 is 2.06 bits per heavy atom. The van der Waals surface area contributed by atoms with Crippen molar-refractivity contribution in [2.75, 3.05) is 36.1 Å². The van der Waals surface area contributed by atoms with Gasteiger partial charge in [-0.1, -0.05) is 24.3 Å². The van der Waals surface area contributed by atoms with Crippen molar-refractivity contribution in [2.45, 2.75) is 58.2 Å². The zero-order chi connectivity index (χ0) is 33.6. The molecule has 11 nitrogen and oxygen atoms in total. The fraction of sp³-hybridized carbons (Fsp3) is 0.368. The molecule has 4 aromatic heterocycles. The standard InChI is InChI=1S/C38H44N10O/c1-3-49-36-18-28(9-8-27(36)2)26-46-15-10-29(11-16-46)35-19-34(48(39)38-44-24-33(25-45-38)31-7-5-14-41-21-31)12-17-47(35)37-42-22-32(23-43-37)30-6-4-13-40-20-30/h4-9,13-14,18,20-25,29,34-35H,3,10-12,15-17,19,26,39H2,1-2H3. The molecular weight excluding hydrogens is 612 g/mol. The number of benzene rings is 1. The molecule has 2 aliphatic rings. The third kappa shape index (κ3) is 7.53. The zero-order valence-electron chi connectivity index (χ0n) is 28.3. The van der Waals surface area contributed by atoms with E-state index in [0.29, 0.717) is 18.5 Å². The lowest BCUT2D eigenvalue weighted by atomic mass is 9.82. The minimum Gasteiger partial charge on any atom is -0.494 e. The topological polar surface area (TPSA) is 122 Å². The van der Waals surface area contributed by atoms with Gasteiger partial charge in [0.1, 0.15) is 5.75 Å². The third-order valence-electron chi connectivity index (χ3n) is 9.90. The minimum absolute atomic E-state index is 0.0859. The van der Waals surface area contributed by atoms with Gasteiger partial charge >= 0.3 is 0 Å². The zero-order valence-corrected chi connectivity index (χ0v) is 28.3. The lowest BCUT2D eigenvalue weighted by Gasteiger charge is -2.47. The molecule has 7 rings (SSSR count). The number of nitrogens with zero attached hydrogens (tertiary/aromatic N) is 9. The summed E-state index contributed by atoms with van der Waals surface area (Å²) in [6.45, 7) is 8.59. The second-order valence-corrected chi connectivity index (χ2v) is 13.0. The third-order valence-corrected chi connectivity index (χ3v) is 9.90. The summed E-state index contributed by atoms with van der Waals surface area (Å²) in [5.41, 5.74) is 6.32. The number of rotatable bonds is 10. The number of aromatic nitrogens is 6. The molecule has 2 saturated heterocycles. The Bertz CT molecular complexity index is 1780. The van der Waals surface area contributed by atoms with Crippen LogP contribution in [-0.4, -0.2) is 73.1 Å². The number of hydrogen-bond donors (Lipinski definition) is 1. The van der Waals surface area contributed by atoms with E-state index in [-0.39, 0.29) is 12.1 Å². The second kappa shape index (κ2) is 15.0. The van der Waals surface area contributed by atoms with Crippen LogP contribution in [0.25, 0.3) is 22.3 Å². The molecule has 2 atom stereocenters. The SMILES string of the molecule is CCOc1cc(CN2CCC(C3CC(N(N)c4ncc(-c5cccnc5)cn4)CCN3c3ncc(-c4cccnc4)cn3)CC2)ccc1C. The molecule has 1 aromatic carbocycles. The Hall–Kier alpha value is -5.00. The average Bonchev–Trinajstić information content (AvgIpc) is 3.17. The number of nitrogens with two attached hydrogens (primary N) is 1. The molecule has 2 fully saturated rings. The van der Waals surface area contributed by atoms with E-state index in [1.807, 2.05) is 68.4 Å². The lowest BCUT2D eigenvalue weighted by molar-refractivity contribution is 0.148. The fourth-order valence-electron chi connectivity index (χ4n) is 7.19. The smallest absolute Gasteiger partial charge is 0.240 e. The van der Waals surface area contributed by atoms with Crippen LogP contribution in [0.2, 0.25) is 0 Å². The van der Waals surface area contributed by atoms with Crippen LogP contribution in [0.3, 0.4) is 0 Å². The van der Waals surface area contributed by atoms with Crippen molar-refractivity contribution in [3.63, 3.8) is 0 Å². The predicted octanol–water partition coefficient (Wildman–Crippen LogP) is 5.73. The summed E-state index contributed by atoms with van der Waals surface area (Å²) in [5.74, 6) is 9.54. The number of pyridine rings is 2. The molecule has 2 unspecified atom stereocenters. The van der Waals surface area contributed by atoms with Crippen molar-refractivity contribution in [3.8, 4) is 28.0 Å². The van der Waals surface area contributed by atoms with Gasteiger partial charge in [0.15, 0.2) is 0 Å². The number of aryl methyl sites for hydroxylation is 1. The van der Waals surface area contributed by atoms with Crippen molar-refractivity contribution in [3.05, 3.63) is 103 Å². The van der Waals surface area contributed by atoms with E-state index in [0.717, 1.165) is 85.8 Å². The van der Waals surface area contributed by atoms with Gasteiger partial charge in [0.05, 0.1) is 12.6 Å². The molecule has 0 radical (unpaired) electrons. The first-order valence-electron chi connectivity index (χ1n) is 17.3. The van der Waals surface area contributed by atoms with Crippen molar-refractivity contribution in [2.24, 2.45) is 11.8 Å². The first-order valence-corrected chi connectivity index (χ1v) is 17.3. The van der Waals surface area contributed by atoms with E-state index < -0.39 is 0 Å². The molecule has 11 heteroatoms. The van der Waals surface area contributed by atoms with Gasteiger partial charge in [-0.15, -0.1) is 0 Å². The summed E-state index contributed by atoms with van der Waals surface area (Å²) in [6, 6.07) is 14.8. The Morgan fingerprint density at radius 1 is 0.796 bits per heavy atom. The van der Waals surface area contributed by atoms with Gasteiger partial charge in [0, 0.05) is 91.0 Å². The number of piperidine rings is 2. The quantitative estimate of drug-likeness (QED) is 0.147. The normalized spacial score (nSPS) is 18.7.